The van der Waals surface area contributed by atoms with E-state index < -0.39 is 0 Å². The van der Waals surface area contributed by atoms with Crippen LogP contribution in [0.2, 0.25) is 0 Å². The number of nitrogens with two attached hydrogens (primary N) is 1. The van der Waals surface area contributed by atoms with E-state index in [1.165, 1.54) is 0 Å². The smallest absolute Gasteiger partial charge is 0.146 e. The Kier molecular flexibility index (Phi) is 4.52. The molecular weight excluding hydrogens is 260 g/mol. The van der Waals surface area contributed by atoms with E-state index in [-0.39, 0.29) is 5.84 Å². The first-order valence-corrected chi connectivity index (χ1v) is 6.96. The van der Waals surface area contributed by atoms with Crippen molar-refractivity contribution in [3.8, 4) is 5.75 Å². The first kappa shape index (κ1) is 13.5. The Labute approximate surface area is 116 Å². The van der Waals surface area contributed by atoms with E-state index in [2.05, 4.69) is 6.92 Å². The molecule has 1 aromatic carbocycles. The second-order valence-corrected chi connectivity index (χ2v) is 5.15. The lowest BCUT2D eigenvalue weighted by molar-refractivity contribution is 0.269. The number of rotatable bonds is 6. The van der Waals surface area contributed by atoms with Crippen LogP contribution in [-0.2, 0) is 6.61 Å². The summed E-state index contributed by atoms with van der Waals surface area (Å²) in [6.07, 6.45) is 1.61. The maximum atomic E-state index is 7.71. The average molecular weight is 276 g/mol. The molecule has 0 spiro atoms. The Morgan fingerprint density at radius 2 is 2.21 bits per heavy atom. The number of furan rings is 1. The van der Waals surface area contributed by atoms with E-state index in [9.17, 15) is 0 Å². The van der Waals surface area contributed by atoms with Crippen molar-refractivity contribution in [3.63, 3.8) is 0 Å². The third-order valence-corrected chi connectivity index (χ3v) is 3.45. The highest BCUT2D eigenvalue weighted by atomic mass is 32.2. The highest BCUT2D eigenvalue weighted by molar-refractivity contribution is 7.99. The standard InChI is InChI=1S/C14H16N2O2S/c1-2-19-12-7-3-6-11(13(12)14(15)16)18-9-10-5-4-8-17-10/h3-8H,2,9H2,1H3,(H3,15,16). The quantitative estimate of drug-likeness (QED) is 0.482. The van der Waals surface area contributed by atoms with Gasteiger partial charge in [0.25, 0.3) is 0 Å². The fourth-order valence-corrected chi connectivity index (χ4v) is 2.56. The summed E-state index contributed by atoms with van der Waals surface area (Å²) in [4.78, 5) is 0.965. The normalized spacial score (nSPS) is 10.4. The second kappa shape index (κ2) is 6.33. The van der Waals surface area contributed by atoms with Crippen molar-refractivity contribution in [2.75, 3.05) is 5.75 Å². The number of ether oxygens (including phenoxy) is 1. The molecule has 2 rings (SSSR count). The summed E-state index contributed by atoms with van der Waals surface area (Å²) in [6.45, 7) is 2.39. The summed E-state index contributed by atoms with van der Waals surface area (Å²) >= 11 is 1.64. The van der Waals surface area contributed by atoms with Crippen molar-refractivity contribution in [1.82, 2.24) is 0 Å². The van der Waals surface area contributed by atoms with E-state index in [0.29, 0.717) is 17.9 Å². The van der Waals surface area contributed by atoms with Crippen LogP contribution in [0.4, 0.5) is 0 Å². The van der Waals surface area contributed by atoms with Gasteiger partial charge in [-0.05, 0) is 30.0 Å². The Morgan fingerprint density at radius 3 is 2.84 bits per heavy atom. The lowest BCUT2D eigenvalue weighted by Gasteiger charge is -2.13. The van der Waals surface area contributed by atoms with Crippen LogP contribution in [0.5, 0.6) is 5.75 Å². The van der Waals surface area contributed by atoms with Crippen LogP contribution >= 0.6 is 11.8 Å². The predicted octanol–water partition coefficient (Wildman–Crippen LogP) is 3.25. The SMILES string of the molecule is CCSc1cccc(OCc2ccco2)c1C(=N)N. The molecule has 0 aliphatic heterocycles. The van der Waals surface area contributed by atoms with Gasteiger partial charge in [-0.3, -0.25) is 5.41 Å². The molecule has 3 N–H and O–H groups in total. The van der Waals surface area contributed by atoms with Crippen LogP contribution in [0.1, 0.15) is 18.2 Å². The summed E-state index contributed by atoms with van der Waals surface area (Å²) in [7, 11) is 0. The van der Waals surface area contributed by atoms with Crippen LogP contribution in [0, 0.1) is 5.41 Å². The number of hydrogen-bond acceptors (Lipinski definition) is 4. The van der Waals surface area contributed by atoms with Gasteiger partial charge in [0, 0.05) is 4.90 Å². The number of amidine groups is 1. The lowest BCUT2D eigenvalue weighted by Crippen LogP contribution is -2.14. The van der Waals surface area contributed by atoms with Gasteiger partial charge < -0.3 is 14.9 Å². The van der Waals surface area contributed by atoms with Gasteiger partial charge in [0.2, 0.25) is 0 Å². The fourth-order valence-electron chi connectivity index (χ4n) is 1.72. The third-order valence-electron chi connectivity index (χ3n) is 2.51. The van der Waals surface area contributed by atoms with Crippen molar-refractivity contribution < 1.29 is 9.15 Å². The minimum absolute atomic E-state index is 0.0194. The van der Waals surface area contributed by atoms with Gasteiger partial charge in [-0.15, -0.1) is 11.8 Å². The summed E-state index contributed by atoms with van der Waals surface area (Å²) in [5.74, 6) is 2.29. The monoisotopic (exact) mass is 276 g/mol. The molecule has 0 aliphatic carbocycles. The molecule has 0 aliphatic rings. The summed E-state index contributed by atoms with van der Waals surface area (Å²) in [6, 6.07) is 9.33. The molecular formula is C14H16N2O2S. The van der Waals surface area contributed by atoms with Crippen molar-refractivity contribution in [1.29, 1.82) is 5.41 Å². The Balaban J connectivity index is 2.23. The zero-order chi connectivity index (χ0) is 13.7. The first-order chi connectivity index (χ1) is 9.22. The molecule has 0 fully saturated rings. The van der Waals surface area contributed by atoms with Crippen molar-refractivity contribution in [3.05, 3.63) is 47.9 Å². The summed E-state index contributed by atoms with van der Waals surface area (Å²) in [5.41, 5.74) is 6.31. The van der Waals surface area contributed by atoms with E-state index >= 15 is 0 Å². The molecule has 19 heavy (non-hydrogen) atoms. The molecule has 0 saturated carbocycles. The minimum atomic E-state index is 0.0194. The minimum Gasteiger partial charge on any atom is -0.485 e. The first-order valence-electron chi connectivity index (χ1n) is 5.97. The maximum absolute atomic E-state index is 7.71. The third kappa shape index (κ3) is 3.32. The van der Waals surface area contributed by atoms with E-state index in [1.807, 2.05) is 30.3 Å². The topological polar surface area (TPSA) is 72.2 Å². The molecule has 100 valence electrons. The number of nitrogens with one attached hydrogen (secondary N) is 1. The van der Waals surface area contributed by atoms with Crippen molar-refractivity contribution in [2.24, 2.45) is 5.73 Å². The molecule has 0 atom stereocenters. The molecule has 0 unspecified atom stereocenters. The van der Waals surface area contributed by atoms with Crippen molar-refractivity contribution >= 4 is 17.6 Å². The largest absolute Gasteiger partial charge is 0.485 e. The Bertz CT molecular complexity index is 553. The Morgan fingerprint density at radius 1 is 1.37 bits per heavy atom. The van der Waals surface area contributed by atoms with Crippen LogP contribution in [0.25, 0.3) is 0 Å². The van der Waals surface area contributed by atoms with Crippen molar-refractivity contribution in [2.45, 2.75) is 18.4 Å². The second-order valence-electron chi connectivity index (χ2n) is 3.84. The van der Waals surface area contributed by atoms with Crippen LogP contribution < -0.4 is 10.5 Å². The zero-order valence-electron chi connectivity index (χ0n) is 10.7. The van der Waals surface area contributed by atoms with Gasteiger partial charge in [0.1, 0.15) is 24.0 Å². The molecule has 1 heterocycles. The van der Waals surface area contributed by atoms with Gasteiger partial charge in [-0.2, -0.15) is 0 Å². The van der Waals surface area contributed by atoms with Gasteiger partial charge in [0.05, 0.1) is 11.8 Å². The fraction of sp³-hybridized carbons (Fsp3) is 0.214. The predicted molar refractivity (Wildman–Crippen MR) is 76.9 cm³/mol. The van der Waals surface area contributed by atoms with Gasteiger partial charge in [0.15, 0.2) is 0 Å². The Hall–Kier alpha value is -1.88. The van der Waals surface area contributed by atoms with Gasteiger partial charge in [-0.1, -0.05) is 13.0 Å². The van der Waals surface area contributed by atoms with E-state index in [1.54, 1.807) is 18.0 Å². The van der Waals surface area contributed by atoms with E-state index in [4.69, 9.17) is 20.3 Å². The zero-order valence-corrected chi connectivity index (χ0v) is 11.5. The van der Waals surface area contributed by atoms with Gasteiger partial charge in [-0.25, -0.2) is 0 Å². The maximum Gasteiger partial charge on any atom is 0.146 e. The van der Waals surface area contributed by atoms with Crippen LogP contribution in [0.3, 0.4) is 0 Å². The number of nitrogen functional groups attached to an aromatic ring is 1. The highest BCUT2D eigenvalue weighted by Gasteiger charge is 2.13. The summed E-state index contributed by atoms with van der Waals surface area (Å²) < 4.78 is 10.9. The van der Waals surface area contributed by atoms with E-state index in [0.717, 1.165) is 16.4 Å². The molecule has 2 aromatic rings. The van der Waals surface area contributed by atoms with Crippen LogP contribution in [-0.4, -0.2) is 11.6 Å². The highest BCUT2D eigenvalue weighted by Crippen LogP contribution is 2.30. The van der Waals surface area contributed by atoms with Crippen LogP contribution in [0.15, 0.2) is 45.9 Å². The molecule has 5 heteroatoms. The average Bonchev–Trinajstić information content (AvgIpc) is 2.89. The molecule has 0 radical (unpaired) electrons. The molecule has 0 bridgehead atoms. The number of hydrogen-bond donors (Lipinski definition) is 2. The molecule has 4 nitrogen and oxygen atoms in total. The summed E-state index contributed by atoms with van der Waals surface area (Å²) in [5, 5.41) is 7.71. The number of benzene rings is 1. The molecule has 0 saturated heterocycles. The number of thioether (sulfide) groups is 1. The molecule has 0 amide bonds. The molecule has 1 aromatic heterocycles. The van der Waals surface area contributed by atoms with Gasteiger partial charge >= 0.3 is 0 Å². The lowest BCUT2D eigenvalue weighted by atomic mass is 10.2.